The average molecular weight is 272 g/mol. The van der Waals surface area contributed by atoms with Crippen LogP contribution in [0, 0.1) is 5.41 Å². The molecule has 6 heteroatoms. The molecule has 1 atom stereocenters. The standard InChI is InChI=1S/C14H16N4O2/c1-14(13(19)20-2)5-8-18(9-14)11-4-3-10-12(17-11)16-7-6-15-10/h3-4,6-7H,5,8-9H2,1-2H3. The number of anilines is 1. The van der Waals surface area contributed by atoms with Crippen LogP contribution in [0.4, 0.5) is 5.82 Å². The van der Waals surface area contributed by atoms with Gasteiger partial charge in [0.2, 0.25) is 0 Å². The number of carbonyl (C=O) groups excluding carboxylic acids is 1. The zero-order valence-electron chi connectivity index (χ0n) is 11.5. The molecule has 0 aliphatic carbocycles. The van der Waals surface area contributed by atoms with Gasteiger partial charge in [-0.1, -0.05) is 0 Å². The SMILES string of the molecule is COC(=O)C1(C)CCN(c2ccc3nccnc3n2)C1. The number of fused-ring (bicyclic) bond motifs is 1. The largest absolute Gasteiger partial charge is 0.469 e. The molecule has 1 aliphatic heterocycles. The molecule has 1 unspecified atom stereocenters. The Morgan fingerprint density at radius 3 is 2.95 bits per heavy atom. The van der Waals surface area contributed by atoms with Gasteiger partial charge in [0, 0.05) is 25.5 Å². The molecular weight excluding hydrogens is 256 g/mol. The molecule has 3 heterocycles. The fourth-order valence-corrected chi connectivity index (χ4v) is 2.59. The van der Waals surface area contributed by atoms with Gasteiger partial charge in [0.05, 0.1) is 12.5 Å². The van der Waals surface area contributed by atoms with Crippen LogP contribution < -0.4 is 4.90 Å². The topological polar surface area (TPSA) is 68.2 Å². The van der Waals surface area contributed by atoms with Crippen LogP contribution in [0.2, 0.25) is 0 Å². The summed E-state index contributed by atoms with van der Waals surface area (Å²) < 4.78 is 4.88. The van der Waals surface area contributed by atoms with E-state index in [4.69, 9.17) is 4.74 Å². The fourth-order valence-electron chi connectivity index (χ4n) is 2.59. The van der Waals surface area contributed by atoms with E-state index in [9.17, 15) is 4.79 Å². The molecule has 0 aromatic carbocycles. The lowest BCUT2D eigenvalue weighted by Crippen LogP contribution is -2.33. The summed E-state index contributed by atoms with van der Waals surface area (Å²) in [4.78, 5) is 26.8. The van der Waals surface area contributed by atoms with Gasteiger partial charge in [-0.3, -0.25) is 9.78 Å². The van der Waals surface area contributed by atoms with E-state index in [0.717, 1.165) is 24.3 Å². The van der Waals surface area contributed by atoms with Gasteiger partial charge in [-0.2, -0.15) is 0 Å². The number of aromatic nitrogens is 3. The summed E-state index contributed by atoms with van der Waals surface area (Å²) >= 11 is 0. The molecule has 1 aliphatic rings. The number of pyridine rings is 1. The maximum Gasteiger partial charge on any atom is 0.313 e. The molecule has 2 aromatic rings. The van der Waals surface area contributed by atoms with Crippen LogP contribution in [-0.4, -0.2) is 41.1 Å². The second-order valence-electron chi connectivity index (χ2n) is 5.29. The Morgan fingerprint density at radius 1 is 1.35 bits per heavy atom. The number of carbonyl (C=O) groups is 1. The third-order valence-corrected chi connectivity index (χ3v) is 3.79. The summed E-state index contributed by atoms with van der Waals surface area (Å²) in [5.41, 5.74) is 0.927. The predicted molar refractivity (Wildman–Crippen MR) is 74.3 cm³/mol. The van der Waals surface area contributed by atoms with Crippen molar-refractivity contribution in [3.63, 3.8) is 0 Å². The fraction of sp³-hybridized carbons (Fsp3) is 0.429. The summed E-state index contributed by atoms with van der Waals surface area (Å²) in [7, 11) is 1.43. The Hall–Kier alpha value is -2.24. The third-order valence-electron chi connectivity index (χ3n) is 3.79. The highest BCUT2D eigenvalue weighted by atomic mass is 16.5. The van der Waals surface area contributed by atoms with Crippen LogP contribution in [0.25, 0.3) is 11.2 Å². The Balaban J connectivity index is 1.88. The second-order valence-corrected chi connectivity index (χ2v) is 5.29. The number of ether oxygens (including phenoxy) is 1. The zero-order chi connectivity index (χ0) is 14.2. The van der Waals surface area contributed by atoms with E-state index in [1.165, 1.54) is 7.11 Å². The lowest BCUT2D eigenvalue weighted by molar-refractivity contribution is -0.150. The van der Waals surface area contributed by atoms with Crippen LogP contribution in [-0.2, 0) is 9.53 Å². The van der Waals surface area contributed by atoms with Gasteiger partial charge in [0.15, 0.2) is 5.65 Å². The molecule has 0 saturated carbocycles. The Kier molecular flexibility index (Phi) is 3.00. The highest BCUT2D eigenvalue weighted by Crippen LogP contribution is 2.33. The highest BCUT2D eigenvalue weighted by molar-refractivity contribution is 5.78. The number of hydrogen-bond donors (Lipinski definition) is 0. The van der Waals surface area contributed by atoms with Gasteiger partial charge in [-0.25, -0.2) is 9.97 Å². The Labute approximate surface area is 116 Å². The van der Waals surface area contributed by atoms with Crippen molar-refractivity contribution in [1.29, 1.82) is 0 Å². The maximum absolute atomic E-state index is 11.8. The van der Waals surface area contributed by atoms with Gasteiger partial charge < -0.3 is 9.64 Å². The van der Waals surface area contributed by atoms with Crippen LogP contribution in [0.5, 0.6) is 0 Å². The van der Waals surface area contributed by atoms with E-state index < -0.39 is 5.41 Å². The molecule has 0 spiro atoms. The van der Waals surface area contributed by atoms with E-state index >= 15 is 0 Å². The molecule has 1 fully saturated rings. The number of rotatable bonds is 2. The molecule has 2 aromatic heterocycles. The van der Waals surface area contributed by atoms with E-state index in [1.54, 1.807) is 12.4 Å². The molecular formula is C14H16N4O2. The van der Waals surface area contributed by atoms with Crippen molar-refractivity contribution in [2.75, 3.05) is 25.1 Å². The minimum absolute atomic E-state index is 0.166. The van der Waals surface area contributed by atoms with Crippen molar-refractivity contribution in [3.8, 4) is 0 Å². The summed E-state index contributed by atoms with van der Waals surface area (Å²) in [6, 6.07) is 3.82. The Morgan fingerprint density at radius 2 is 2.15 bits per heavy atom. The van der Waals surface area contributed by atoms with Gasteiger partial charge >= 0.3 is 5.97 Å². The zero-order valence-corrected chi connectivity index (χ0v) is 11.5. The second kappa shape index (κ2) is 4.70. The molecule has 0 radical (unpaired) electrons. The van der Waals surface area contributed by atoms with E-state index in [1.807, 2.05) is 19.1 Å². The number of methoxy groups -OCH3 is 1. The highest BCUT2D eigenvalue weighted by Gasteiger charge is 2.41. The lowest BCUT2D eigenvalue weighted by atomic mass is 9.90. The first-order valence-electron chi connectivity index (χ1n) is 6.53. The van der Waals surface area contributed by atoms with Gasteiger partial charge in [-0.15, -0.1) is 0 Å². The normalized spacial score (nSPS) is 22.2. The summed E-state index contributed by atoms with van der Waals surface area (Å²) in [6.45, 7) is 3.32. The molecule has 0 bridgehead atoms. The predicted octanol–water partition coefficient (Wildman–Crippen LogP) is 1.41. The maximum atomic E-state index is 11.8. The van der Waals surface area contributed by atoms with E-state index in [0.29, 0.717) is 12.2 Å². The first kappa shape index (κ1) is 12.8. The number of nitrogens with zero attached hydrogens (tertiary/aromatic N) is 4. The minimum atomic E-state index is -0.465. The van der Waals surface area contributed by atoms with Crippen molar-refractivity contribution in [2.24, 2.45) is 5.41 Å². The molecule has 6 nitrogen and oxygen atoms in total. The van der Waals surface area contributed by atoms with Crippen LogP contribution in [0.15, 0.2) is 24.5 Å². The monoisotopic (exact) mass is 272 g/mol. The van der Waals surface area contributed by atoms with Gasteiger partial charge in [0.25, 0.3) is 0 Å². The van der Waals surface area contributed by atoms with Crippen LogP contribution in [0.3, 0.4) is 0 Å². The van der Waals surface area contributed by atoms with Crippen molar-refractivity contribution in [1.82, 2.24) is 15.0 Å². The smallest absolute Gasteiger partial charge is 0.313 e. The van der Waals surface area contributed by atoms with E-state index in [-0.39, 0.29) is 5.97 Å². The van der Waals surface area contributed by atoms with Gasteiger partial charge in [-0.05, 0) is 25.5 Å². The minimum Gasteiger partial charge on any atom is -0.469 e. The van der Waals surface area contributed by atoms with E-state index in [2.05, 4.69) is 19.9 Å². The molecule has 0 N–H and O–H groups in total. The summed E-state index contributed by atoms with van der Waals surface area (Å²) in [6.07, 6.45) is 4.04. The molecule has 104 valence electrons. The molecule has 3 rings (SSSR count). The third kappa shape index (κ3) is 2.07. The number of esters is 1. The summed E-state index contributed by atoms with van der Waals surface area (Å²) in [5.74, 6) is 0.659. The quantitative estimate of drug-likeness (QED) is 0.770. The molecule has 20 heavy (non-hydrogen) atoms. The molecule has 1 saturated heterocycles. The van der Waals surface area contributed by atoms with Gasteiger partial charge in [0.1, 0.15) is 11.3 Å². The first-order chi connectivity index (χ1) is 9.62. The Bertz CT molecular complexity index is 660. The van der Waals surface area contributed by atoms with Crippen molar-refractivity contribution in [3.05, 3.63) is 24.5 Å². The van der Waals surface area contributed by atoms with Crippen LogP contribution in [0.1, 0.15) is 13.3 Å². The van der Waals surface area contributed by atoms with Crippen LogP contribution >= 0.6 is 0 Å². The van der Waals surface area contributed by atoms with Crippen molar-refractivity contribution < 1.29 is 9.53 Å². The molecule has 0 amide bonds. The average Bonchev–Trinajstić information content (AvgIpc) is 2.89. The van der Waals surface area contributed by atoms with Crippen molar-refractivity contribution >= 4 is 23.0 Å². The number of hydrogen-bond acceptors (Lipinski definition) is 6. The first-order valence-corrected chi connectivity index (χ1v) is 6.53. The van der Waals surface area contributed by atoms with Crippen molar-refractivity contribution in [2.45, 2.75) is 13.3 Å². The lowest BCUT2D eigenvalue weighted by Gasteiger charge is -2.22. The summed E-state index contributed by atoms with van der Waals surface area (Å²) in [5, 5.41) is 0.